The van der Waals surface area contributed by atoms with Crippen LogP contribution in [0.2, 0.25) is 10.0 Å². The fourth-order valence-corrected chi connectivity index (χ4v) is 4.67. The summed E-state index contributed by atoms with van der Waals surface area (Å²) < 4.78 is 1.96. The Morgan fingerprint density at radius 1 is 1.03 bits per heavy atom. The van der Waals surface area contributed by atoms with E-state index in [4.69, 9.17) is 35.4 Å². The van der Waals surface area contributed by atoms with Crippen LogP contribution in [0.3, 0.4) is 0 Å². The van der Waals surface area contributed by atoms with Crippen LogP contribution in [0.15, 0.2) is 54.1 Å². The standard InChI is InChI=1S/C25H21Cl2N3O2S/c1-4-16-5-8-19(9-6-16)30-24(32)20(23(31)28-25(30)33)12-17-11-14(2)29(15(17)3)22-10-7-18(26)13-21(22)27/h5-13H,4H2,1-3H3,(H,28,31,33)/b20-12+. The molecule has 1 saturated heterocycles. The summed E-state index contributed by atoms with van der Waals surface area (Å²) in [4.78, 5) is 27.4. The first-order valence-corrected chi connectivity index (χ1v) is 11.5. The third kappa shape index (κ3) is 4.34. The van der Waals surface area contributed by atoms with Crippen LogP contribution in [0.25, 0.3) is 11.8 Å². The van der Waals surface area contributed by atoms with Gasteiger partial charge in [-0.05, 0) is 86.1 Å². The van der Waals surface area contributed by atoms with E-state index in [1.807, 2.05) is 54.8 Å². The molecule has 3 aromatic rings. The minimum Gasteiger partial charge on any atom is -0.316 e. The highest BCUT2D eigenvalue weighted by Crippen LogP contribution is 2.30. The largest absolute Gasteiger partial charge is 0.316 e. The molecule has 1 aliphatic heterocycles. The molecule has 1 N–H and O–H groups in total. The fourth-order valence-electron chi connectivity index (χ4n) is 3.90. The van der Waals surface area contributed by atoms with Crippen molar-refractivity contribution in [3.8, 4) is 5.69 Å². The highest BCUT2D eigenvalue weighted by atomic mass is 35.5. The lowest BCUT2D eigenvalue weighted by Gasteiger charge is -2.29. The second-order valence-electron chi connectivity index (χ2n) is 7.74. The molecular formula is C25H21Cl2N3O2S. The predicted molar refractivity (Wildman–Crippen MR) is 137 cm³/mol. The van der Waals surface area contributed by atoms with E-state index < -0.39 is 11.8 Å². The second-order valence-corrected chi connectivity index (χ2v) is 8.97. The van der Waals surface area contributed by atoms with E-state index in [-0.39, 0.29) is 10.7 Å². The van der Waals surface area contributed by atoms with Gasteiger partial charge < -0.3 is 4.57 Å². The molecular weight excluding hydrogens is 477 g/mol. The van der Waals surface area contributed by atoms with Gasteiger partial charge in [0.2, 0.25) is 0 Å². The van der Waals surface area contributed by atoms with Crippen molar-refractivity contribution in [1.82, 2.24) is 9.88 Å². The molecule has 0 aliphatic carbocycles. The Bertz CT molecular complexity index is 1330. The number of carbonyl (C=O) groups is 2. The van der Waals surface area contributed by atoms with Crippen LogP contribution in [0.4, 0.5) is 5.69 Å². The fraction of sp³-hybridized carbons (Fsp3) is 0.160. The zero-order valence-corrected chi connectivity index (χ0v) is 20.6. The van der Waals surface area contributed by atoms with Crippen LogP contribution in [-0.2, 0) is 16.0 Å². The number of aryl methyl sites for hydroxylation is 2. The van der Waals surface area contributed by atoms with Gasteiger partial charge in [-0.15, -0.1) is 0 Å². The SMILES string of the molecule is CCc1ccc(N2C(=O)/C(=C/c3cc(C)n(-c4ccc(Cl)cc4Cl)c3C)C(=O)NC2=S)cc1. The van der Waals surface area contributed by atoms with Crippen LogP contribution in [0, 0.1) is 13.8 Å². The van der Waals surface area contributed by atoms with Gasteiger partial charge in [-0.2, -0.15) is 0 Å². The van der Waals surface area contributed by atoms with E-state index in [1.165, 1.54) is 4.90 Å². The predicted octanol–water partition coefficient (Wildman–Crippen LogP) is 5.79. The molecule has 1 fully saturated rings. The molecule has 2 aromatic carbocycles. The number of nitrogens with one attached hydrogen (secondary N) is 1. The van der Waals surface area contributed by atoms with Crippen LogP contribution in [0.1, 0.15) is 29.4 Å². The normalized spacial score (nSPS) is 15.4. The first-order chi connectivity index (χ1) is 15.7. The van der Waals surface area contributed by atoms with Crippen molar-refractivity contribution in [1.29, 1.82) is 0 Å². The average molecular weight is 498 g/mol. The zero-order valence-electron chi connectivity index (χ0n) is 18.3. The van der Waals surface area contributed by atoms with Crippen molar-refractivity contribution >= 4 is 64.1 Å². The maximum atomic E-state index is 13.3. The van der Waals surface area contributed by atoms with Crippen LogP contribution in [0.5, 0.6) is 0 Å². The smallest absolute Gasteiger partial charge is 0.270 e. The van der Waals surface area contributed by atoms with E-state index in [0.717, 1.165) is 34.6 Å². The van der Waals surface area contributed by atoms with Crippen molar-refractivity contribution < 1.29 is 9.59 Å². The first-order valence-electron chi connectivity index (χ1n) is 10.4. The molecule has 168 valence electrons. The van der Waals surface area contributed by atoms with Crippen LogP contribution < -0.4 is 10.2 Å². The number of anilines is 1. The Kier molecular flexibility index (Phi) is 6.43. The van der Waals surface area contributed by atoms with Crippen LogP contribution in [-0.4, -0.2) is 21.5 Å². The van der Waals surface area contributed by atoms with E-state index in [1.54, 1.807) is 18.2 Å². The minimum absolute atomic E-state index is 0.00520. The molecule has 4 rings (SSSR count). The van der Waals surface area contributed by atoms with Gasteiger partial charge in [0.05, 0.1) is 16.4 Å². The second kappa shape index (κ2) is 9.14. The zero-order chi connectivity index (χ0) is 23.9. The molecule has 0 atom stereocenters. The Morgan fingerprint density at radius 2 is 1.73 bits per heavy atom. The van der Waals surface area contributed by atoms with Gasteiger partial charge in [-0.3, -0.25) is 19.8 Å². The number of halogens is 2. The number of benzene rings is 2. The number of thiocarbonyl (C=S) groups is 1. The third-order valence-electron chi connectivity index (χ3n) is 5.63. The lowest BCUT2D eigenvalue weighted by Crippen LogP contribution is -2.54. The monoisotopic (exact) mass is 497 g/mol. The molecule has 2 amide bonds. The summed E-state index contributed by atoms with van der Waals surface area (Å²) in [6.45, 7) is 5.89. The molecule has 33 heavy (non-hydrogen) atoms. The molecule has 2 heterocycles. The van der Waals surface area contributed by atoms with Crippen molar-refractivity contribution in [2.75, 3.05) is 4.90 Å². The van der Waals surface area contributed by atoms with Gasteiger partial charge >= 0.3 is 0 Å². The summed E-state index contributed by atoms with van der Waals surface area (Å²) in [6, 6.07) is 14.7. The topological polar surface area (TPSA) is 54.3 Å². The highest BCUT2D eigenvalue weighted by Gasteiger charge is 2.34. The number of aromatic nitrogens is 1. The van der Waals surface area contributed by atoms with E-state index in [0.29, 0.717) is 15.7 Å². The first kappa shape index (κ1) is 23.2. The molecule has 0 saturated carbocycles. The number of carbonyl (C=O) groups excluding carboxylic acids is 2. The molecule has 0 spiro atoms. The van der Waals surface area contributed by atoms with Crippen molar-refractivity contribution in [2.45, 2.75) is 27.2 Å². The van der Waals surface area contributed by atoms with Gasteiger partial charge in [0, 0.05) is 16.4 Å². The maximum absolute atomic E-state index is 13.3. The Labute approximate surface area is 207 Å². The van der Waals surface area contributed by atoms with Gasteiger partial charge in [0.25, 0.3) is 11.8 Å². The number of amides is 2. The molecule has 1 aromatic heterocycles. The summed E-state index contributed by atoms with van der Waals surface area (Å²) in [5.74, 6) is -0.997. The minimum atomic E-state index is -0.527. The van der Waals surface area contributed by atoms with Crippen molar-refractivity contribution in [3.63, 3.8) is 0 Å². The average Bonchev–Trinajstić information content (AvgIpc) is 3.04. The number of hydrogen-bond donors (Lipinski definition) is 1. The highest BCUT2D eigenvalue weighted by molar-refractivity contribution is 7.80. The van der Waals surface area contributed by atoms with Gasteiger partial charge in [-0.1, -0.05) is 42.3 Å². The maximum Gasteiger partial charge on any atom is 0.270 e. The molecule has 0 bridgehead atoms. The summed E-state index contributed by atoms with van der Waals surface area (Å²) in [5, 5.41) is 3.74. The summed E-state index contributed by atoms with van der Waals surface area (Å²) in [6.07, 6.45) is 2.48. The van der Waals surface area contributed by atoms with Crippen LogP contribution >= 0.6 is 35.4 Å². The van der Waals surface area contributed by atoms with Gasteiger partial charge in [0.15, 0.2) is 5.11 Å². The van der Waals surface area contributed by atoms with E-state index in [2.05, 4.69) is 12.2 Å². The van der Waals surface area contributed by atoms with Crippen molar-refractivity contribution in [2.24, 2.45) is 0 Å². The number of nitrogens with zero attached hydrogens (tertiary/aromatic N) is 2. The Hall–Kier alpha value is -2.93. The summed E-state index contributed by atoms with van der Waals surface area (Å²) >= 11 is 17.8. The quantitative estimate of drug-likeness (QED) is 0.281. The molecule has 0 radical (unpaired) electrons. The van der Waals surface area contributed by atoms with Crippen molar-refractivity contribution in [3.05, 3.63) is 86.7 Å². The van der Waals surface area contributed by atoms with E-state index >= 15 is 0 Å². The molecule has 5 nitrogen and oxygen atoms in total. The molecule has 8 heteroatoms. The van der Waals surface area contributed by atoms with Gasteiger partial charge in [-0.25, -0.2) is 0 Å². The summed E-state index contributed by atoms with van der Waals surface area (Å²) in [7, 11) is 0. The third-order valence-corrected chi connectivity index (χ3v) is 6.45. The molecule has 1 aliphatic rings. The Balaban J connectivity index is 1.75. The van der Waals surface area contributed by atoms with Gasteiger partial charge in [0.1, 0.15) is 5.57 Å². The lowest BCUT2D eigenvalue weighted by atomic mass is 10.1. The Morgan fingerprint density at radius 3 is 2.36 bits per heavy atom. The van der Waals surface area contributed by atoms with E-state index in [9.17, 15) is 9.59 Å². The number of hydrogen-bond acceptors (Lipinski definition) is 3. The molecule has 0 unspecified atom stereocenters. The number of rotatable bonds is 4. The summed E-state index contributed by atoms with van der Waals surface area (Å²) in [5.41, 5.74) is 4.97. The lowest BCUT2D eigenvalue weighted by molar-refractivity contribution is -0.122.